The molecule has 0 unspecified atom stereocenters. The summed E-state index contributed by atoms with van der Waals surface area (Å²) < 4.78 is 0.942. The summed E-state index contributed by atoms with van der Waals surface area (Å²) in [6.07, 6.45) is 0.478. The standard InChI is InChI=1S/C12H13BrO2/c1-8(14)11(9(2)15)7-10-5-3-4-6-12(10)13/h3-6,11H,7H2,1-2H3. The molecule has 80 valence electrons. The molecule has 0 aliphatic heterocycles. The van der Waals surface area contributed by atoms with Crippen LogP contribution < -0.4 is 0 Å². The van der Waals surface area contributed by atoms with Gasteiger partial charge in [0, 0.05) is 4.47 Å². The number of hydrogen-bond acceptors (Lipinski definition) is 2. The Morgan fingerprint density at radius 1 is 1.20 bits per heavy atom. The van der Waals surface area contributed by atoms with Gasteiger partial charge in [0.25, 0.3) is 0 Å². The normalized spacial score (nSPS) is 10.4. The van der Waals surface area contributed by atoms with Crippen LogP contribution in [-0.2, 0) is 16.0 Å². The molecule has 0 spiro atoms. The van der Waals surface area contributed by atoms with Gasteiger partial charge >= 0.3 is 0 Å². The maximum atomic E-state index is 11.3. The van der Waals surface area contributed by atoms with E-state index >= 15 is 0 Å². The van der Waals surface area contributed by atoms with Crippen LogP contribution in [0.2, 0.25) is 0 Å². The maximum Gasteiger partial charge on any atom is 0.140 e. The van der Waals surface area contributed by atoms with Gasteiger partial charge in [-0.1, -0.05) is 34.1 Å². The molecule has 0 N–H and O–H groups in total. The molecule has 0 aliphatic carbocycles. The molecule has 0 heterocycles. The number of ketones is 2. The lowest BCUT2D eigenvalue weighted by atomic mass is 9.93. The average molecular weight is 269 g/mol. The van der Waals surface area contributed by atoms with Gasteiger partial charge in [-0.05, 0) is 31.9 Å². The van der Waals surface area contributed by atoms with Crippen molar-refractivity contribution < 1.29 is 9.59 Å². The van der Waals surface area contributed by atoms with Crippen molar-refractivity contribution in [3.8, 4) is 0 Å². The molecular weight excluding hydrogens is 256 g/mol. The minimum Gasteiger partial charge on any atom is -0.299 e. The van der Waals surface area contributed by atoms with E-state index in [2.05, 4.69) is 15.9 Å². The van der Waals surface area contributed by atoms with Gasteiger partial charge in [-0.25, -0.2) is 0 Å². The highest BCUT2D eigenvalue weighted by Gasteiger charge is 2.20. The third-order valence-corrected chi connectivity index (χ3v) is 3.14. The quantitative estimate of drug-likeness (QED) is 0.787. The Bertz CT molecular complexity index is 371. The zero-order chi connectivity index (χ0) is 11.4. The minimum absolute atomic E-state index is 0.0711. The van der Waals surface area contributed by atoms with Gasteiger partial charge in [0.05, 0.1) is 5.92 Å². The average Bonchev–Trinajstić information content (AvgIpc) is 2.15. The van der Waals surface area contributed by atoms with Gasteiger partial charge < -0.3 is 0 Å². The van der Waals surface area contributed by atoms with Crippen LogP contribution in [0.25, 0.3) is 0 Å². The number of hydrogen-bond donors (Lipinski definition) is 0. The van der Waals surface area contributed by atoms with Crippen molar-refractivity contribution in [3.05, 3.63) is 34.3 Å². The number of benzene rings is 1. The van der Waals surface area contributed by atoms with E-state index in [0.717, 1.165) is 10.0 Å². The van der Waals surface area contributed by atoms with Gasteiger partial charge in [-0.15, -0.1) is 0 Å². The van der Waals surface area contributed by atoms with E-state index in [0.29, 0.717) is 6.42 Å². The van der Waals surface area contributed by atoms with Crippen molar-refractivity contribution in [2.45, 2.75) is 20.3 Å². The predicted octanol–water partition coefficient (Wildman–Crippen LogP) is 2.79. The maximum absolute atomic E-state index is 11.3. The highest BCUT2D eigenvalue weighted by molar-refractivity contribution is 9.10. The highest BCUT2D eigenvalue weighted by Crippen LogP contribution is 2.20. The first-order valence-corrected chi connectivity index (χ1v) is 5.56. The van der Waals surface area contributed by atoms with Crippen LogP contribution in [0.5, 0.6) is 0 Å². The molecule has 1 rings (SSSR count). The lowest BCUT2D eigenvalue weighted by molar-refractivity contribution is -0.130. The Labute approximate surface area is 97.8 Å². The van der Waals surface area contributed by atoms with Crippen LogP contribution in [0.3, 0.4) is 0 Å². The zero-order valence-electron chi connectivity index (χ0n) is 8.79. The van der Waals surface area contributed by atoms with E-state index in [4.69, 9.17) is 0 Å². The van der Waals surface area contributed by atoms with Crippen molar-refractivity contribution in [2.24, 2.45) is 5.92 Å². The Morgan fingerprint density at radius 3 is 2.20 bits per heavy atom. The Morgan fingerprint density at radius 2 is 1.73 bits per heavy atom. The van der Waals surface area contributed by atoms with Gasteiger partial charge in [-0.3, -0.25) is 9.59 Å². The van der Waals surface area contributed by atoms with Gasteiger partial charge in [0.2, 0.25) is 0 Å². The third-order valence-electron chi connectivity index (χ3n) is 2.36. The first-order chi connectivity index (χ1) is 7.02. The number of carbonyl (C=O) groups excluding carboxylic acids is 2. The summed E-state index contributed by atoms with van der Waals surface area (Å²) in [5.41, 5.74) is 0.993. The second-order valence-corrected chi connectivity index (χ2v) is 4.42. The molecule has 3 heteroatoms. The first-order valence-electron chi connectivity index (χ1n) is 4.76. The molecule has 1 aromatic carbocycles. The van der Waals surface area contributed by atoms with E-state index in [1.807, 2.05) is 24.3 Å². The van der Waals surface area contributed by atoms with Crippen molar-refractivity contribution in [1.29, 1.82) is 0 Å². The number of rotatable bonds is 4. The molecule has 2 nitrogen and oxygen atoms in total. The van der Waals surface area contributed by atoms with Crippen LogP contribution in [0.1, 0.15) is 19.4 Å². The molecule has 0 atom stereocenters. The SMILES string of the molecule is CC(=O)C(Cc1ccccc1Br)C(C)=O. The fourth-order valence-electron chi connectivity index (χ4n) is 1.46. The van der Waals surface area contributed by atoms with Gasteiger partial charge in [0.1, 0.15) is 11.6 Å². The van der Waals surface area contributed by atoms with E-state index < -0.39 is 5.92 Å². The molecule has 0 aliphatic rings. The highest BCUT2D eigenvalue weighted by atomic mass is 79.9. The molecule has 0 saturated carbocycles. The number of carbonyl (C=O) groups is 2. The third kappa shape index (κ3) is 3.27. The number of Topliss-reactive ketones (excluding diaryl/α,β-unsaturated/α-hetero) is 2. The van der Waals surface area contributed by atoms with Crippen molar-refractivity contribution >= 4 is 27.5 Å². The summed E-state index contributed by atoms with van der Waals surface area (Å²) in [6, 6.07) is 7.64. The molecule has 0 radical (unpaired) electrons. The fraction of sp³-hybridized carbons (Fsp3) is 0.333. The summed E-state index contributed by atoms with van der Waals surface area (Å²) in [4.78, 5) is 22.5. The van der Waals surface area contributed by atoms with Gasteiger partial charge in [0.15, 0.2) is 0 Å². The topological polar surface area (TPSA) is 34.1 Å². The van der Waals surface area contributed by atoms with E-state index in [1.165, 1.54) is 13.8 Å². The summed E-state index contributed by atoms with van der Waals surface area (Å²) >= 11 is 3.40. The molecule has 1 aromatic rings. The predicted molar refractivity (Wildman–Crippen MR) is 62.7 cm³/mol. The summed E-state index contributed by atoms with van der Waals surface area (Å²) in [6.45, 7) is 2.92. The van der Waals surface area contributed by atoms with Gasteiger partial charge in [-0.2, -0.15) is 0 Å². The Balaban J connectivity index is 2.88. The van der Waals surface area contributed by atoms with Crippen molar-refractivity contribution in [2.75, 3.05) is 0 Å². The fourth-order valence-corrected chi connectivity index (χ4v) is 1.90. The van der Waals surface area contributed by atoms with Crippen LogP contribution in [0.4, 0.5) is 0 Å². The lowest BCUT2D eigenvalue weighted by Gasteiger charge is -2.11. The minimum atomic E-state index is -0.510. The first kappa shape index (κ1) is 12.1. The molecule has 0 amide bonds. The second-order valence-electron chi connectivity index (χ2n) is 3.57. The largest absolute Gasteiger partial charge is 0.299 e. The Hall–Kier alpha value is -0.960. The van der Waals surface area contributed by atoms with Crippen LogP contribution >= 0.6 is 15.9 Å². The van der Waals surface area contributed by atoms with Crippen LogP contribution in [0, 0.1) is 5.92 Å². The molecule has 0 aromatic heterocycles. The van der Waals surface area contributed by atoms with Crippen molar-refractivity contribution in [3.63, 3.8) is 0 Å². The zero-order valence-corrected chi connectivity index (χ0v) is 10.4. The molecule has 15 heavy (non-hydrogen) atoms. The Kier molecular flexibility index (Phi) is 4.21. The summed E-state index contributed by atoms with van der Waals surface area (Å²) in [5, 5.41) is 0. The number of halogens is 1. The summed E-state index contributed by atoms with van der Waals surface area (Å²) in [7, 11) is 0. The van der Waals surface area contributed by atoms with E-state index in [1.54, 1.807) is 0 Å². The molecule has 0 bridgehead atoms. The van der Waals surface area contributed by atoms with Crippen LogP contribution in [-0.4, -0.2) is 11.6 Å². The summed E-state index contributed by atoms with van der Waals surface area (Å²) in [5.74, 6) is -0.653. The molecular formula is C12H13BrO2. The van der Waals surface area contributed by atoms with E-state index in [-0.39, 0.29) is 11.6 Å². The molecule has 0 fully saturated rings. The van der Waals surface area contributed by atoms with Crippen molar-refractivity contribution in [1.82, 2.24) is 0 Å². The smallest absolute Gasteiger partial charge is 0.140 e. The monoisotopic (exact) mass is 268 g/mol. The van der Waals surface area contributed by atoms with E-state index in [9.17, 15) is 9.59 Å². The molecule has 0 saturated heterocycles. The second kappa shape index (κ2) is 5.21. The lowest BCUT2D eigenvalue weighted by Crippen LogP contribution is -2.22. The van der Waals surface area contributed by atoms with Crippen LogP contribution in [0.15, 0.2) is 28.7 Å².